The molecular formula is C11H14F3N3O. The second kappa shape index (κ2) is 5.24. The Kier molecular flexibility index (Phi) is 4.15. The molecule has 0 saturated carbocycles. The molecule has 1 heterocycles. The number of nitrogens with zero attached hydrogens (tertiary/aromatic N) is 3. The maximum atomic E-state index is 12.6. The molecule has 0 aliphatic carbocycles. The second-order valence-corrected chi connectivity index (χ2v) is 3.85. The average Bonchev–Trinajstić information content (AvgIpc) is 2.68. The zero-order chi connectivity index (χ0) is 13.9. The maximum Gasteiger partial charge on any atom is 0.449 e. The van der Waals surface area contributed by atoms with Gasteiger partial charge >= 0.3 is 6.18 Å². The summed E-state index contributed by atoms with van der Waals surface area (Å²) >= 11 is 0. The Labute approximate surface area is 103 Å². The molecule has 18 heavy (non-hydrogen) atoms. The van der Waals surface area contributed by atoms with Gasteiger partial charge in [-0.2, -0.15) is 13.2 Å². The first kappa shape index (κ1) is 14.3. The molecule has 0 spiro atoms. The summed E-state index contributed by atoms with van der Waals surface area (Å²) in [5, 5.41) is 0. The van der Waals surface area contributed by atoms with E-state index < -0.39 is 17.8 Å². The minimum atomic E-state index is -4.56. The molecule has 7 heteroatoms. The van der Waals surface area contributed by atoms with Gasteiger partial charge in [0.05, 0.1) is 6.20 Å². The Morgan fingerprint density at radius 2 is 2.11 bits per heavy atom. The number of carbonyl (C=O) groups is 1. The minimum Gasteiger partial charge on any atom is -0.383 e. The third kappa shape index (κ3) is 3.12. The molecule has 0 aliphatic heterocycles. The molecule has 0 fully saturated rings. The Morgan fingerprint density at radius 3 is 2.56 bits per heavy atom. The Bertz CT molecular complexity index is 461. The van der Waals surface area contributed by atoms with E-state index in [1.807, 2.05) is 0 Å². The van der Waals surface area contributed by atoms with Crippen molar-refractivity contribution in [2.24, 2.45) is 0 Å². The Hall–Kier alpha value is -1.79. The van der Waals surface area contributed by atoms with Gasteiger partial charge in [-0.3, -0.25) is 4.79 Å². The van der Waals surface area contributed by atoms with Crippen LogP contribution in [-0.4, -0.2) is 34.3 Å². The average molecular weight is 261 g/mol. The smallest absolute Gasteiger partial charge is 0.383 e. The maximum absolute atomic E-state index is 12.6. The van der Waals surface area contributed by atoms with Gasteiger partial charge in [0.25, 0.3) is 0 Å². The molecule has 0 bridgehead atoms. The van der Waals surface area contributed by atoms with Crippen LogP contribution in [0.4, 0.5) is 13.2 Å². The summed E-state index contributed by atoms with van der Waals surface area (Å²) in [6, 6.07) is 0. The zero-order valence-corrected chi connectivity index (χ0v) is 10.3. The third-order valence-electron chi connectivity index (χ3n) is 2.20. The SMILES string of the molecule is CCn1c(C(=O)C=CN(C)C)cnc1C(F)(F)F. The van der Waals surface area contributed by atoms with Crippen molar-refractivity contribution in [3.8, 4) is 0 Å². The van der Waals surface area contributed by atoms with Crippen LogP contribution in [0.15, 0.2) is 18.5 Å². The summed E-state index contributed by atoms with van der Waals surface area (Å²) in [5.74, 6) is -1.56. The quantitative estimate of drug-likeness (QED) is 0.616. The molecule has 0 unspecified atom stereocenters. The molecule has 100 valence electrons. The van der Waals surface area contributed by atoms with Crippen molar-refractivity contribution in [2.75, 3.05) is 14.1 Å². The molecule has 1 aromatic rings. The van der Waals surface area contributed by atoms with Crippen molar-refractivity contribution < 1.29 is 18.0 Å². The number of carbonyl (C=O) groups excluding carboxylic acids is 1. The van der Waals surface area contributed by atoms with E-state index in [2.05, 4.69) is 4.98 Å². The van der Waals surface area contributed by atoms with Crippen molar-refractivity contribution in [1.29, 1.82) is 0 Å². The van der Waals surface area contributed by atoms with Crippen LogP contribution in [0.3, 0.4) is 0 Å². The van der Waals surface area contributed by atoms with Crippen molar-refractivity contribution >= 4 is 5.78 Å². The highest BCUT2D eigenvalue weighted by Crippen LogP contribution is 2.28. The fourth-order valence-electron chi connectivity index (χ4n) is 1.42. The van der Waals surface area contributed by atoms with Gasteiger partial charge in [-0.1, -0.05) is 0 Å². The van der Waals surface area contributed by atoms with E-state index >= 15 is 0 Å². The van der Waals surface area contributed by atoms with Crippen LogP contribution in [0.25, 0.3) is 0 Å². The van der Waals surface area contributed by atoms with E-state index in [1.54, 1.807) is 19.0 Å². The monoisotopic (exact) mass is 261 g/mol. The van der Waals surface area contributed by atoms with Crippen LogP contribution in [0.2, 0.25) is 0 Å². The zero-order valence-electron chi connectivity index (χ0n) is 10.3. The van der Waals surface area contributed by atoms with Gasteiger partial charge < -0.3 is 9.47 Å². The largest absolute Gasteiger partial charge is 0.449 e. The predicted molar refractivity (Wildman–Crippen MR) is 60.1 cm³/mol. The molecule has 4 nitrogen and oxygen atoms in total. The van der Waals surface area contributed by atoms with Gasteiger partial charge in [0.2, 0.25) is 11.6 Å². The van der Waals surface area contributed by atoms with E-state index in [1.165, 1.54) is 19.2 Å². The number of allylic oxidation sites excluding steroid dienone is 1. The summed E-state index contributed by atoms with van der Waals surface area (Å²) in [4.78, 5) is 16.6. The van der Waals surface area contributed by atoms with E-state index in [0.717, 1.165) is 10.8 Å². The number of alkyl halides is 3. The van der Waals surface area contributed by atoms with Gasteiger partial charge in [0.1, 0.15) is 5.69 Å². The predicted octanol–water partition coefficient (Wildman–Crippen LogP) is 2.18. The first-order chi connectivity index (χ1) is 8.27. The number of aromatic nitrogens is 2. The van der Waals surface area contributed by atoms with Gasteiger partial charge in [0.15, 0.2) is 0 Å². The summed E-state index contributed by atoms with van der Waals surface area (Å²) in [6.45, 7) is 1.56. The second-order valence-electron chi connectivity index (χ2n) is 3.85. The van der Waals surface area contributed by atoms with Crippen LogP contribution >= 0.6 is 0 Å². The lowest BCUT2D eigenvalue weighted by molar-refractivity contribution is -0.147. The van der Waals surface area contributed by atoms with Crippen molar-refractivity contribution in [3.05, 3.63) is 30.0 Å². The van der Waals surface area contributed by atoms with Gasteiger partial charge in [0, 0.05) is 32.9 Å². The van der Waals surface area contributed by atoms with Crippen LogP contribution in [-0.2, 0) is 12.7 Å². The molecule has 0 aromatic carbocycles. The molecule has 0 N–H and O–H groups in total. The lowest BCUT2D eigenvalue weighted by Gasteiger charge is -2.10. The fraction of sp³-hybridized carbons (Fsp3) is 0.455. The molecule has 0 saturated heterocycles. The van der Waals surface area contributed by atoms with E-state index in [9.17, 15) is 18.0 Å². The number of rotatable bonds is 4. The third-order valence-corrected chi connectivity index (χ3v) is 2.20. The molecule has 0 amide bonds. The topological polar surface area (TPSA) is 38.1 Å². The molecule has 0 atom stereocenters. The Balaban J connectivity index is 3.12. The summed E-state index contributed by atoms with van der Waals surface area (Å²) in [5.41, 5.74) is -0.0667. The summed E-state index contributed by atoms with van der Waals surface area (Å²) < 4.78 is 38.7. The van der Waals surface area contributed by atoms with Gasteiger partial charge in [-0.05, 0) is 6.92 Å². The van der Waals surface area contributed by atoms with Gasteiger partial charge in [-0.25, -0.2) is 4.98 Å². The lowest BCUT2D eigenvalue weighted by atomic mass is 10.3. The molecule has 1 rings (SSSR count). The van der Waals surface area contributed by atoms with Crippen molar-refractivity contribution in [3.63, 3.8) is 0 Å². The first-order valence-electron chi connectivity index (χ1n) is 5.29. The standard InChI is InChI=1S/C11H14F3N3O/c1-4-17-8(9(18)5-6-16(2)3)7-15-10(17)11(12,13)14/h5-7H,4H2,1-3H3. The number of hydrogen-bond acceptors (Lipinski definition) is 3. The highest BCUT2D eigenvalue weighted by molar-refractivity contribution is 6.03. The first-order valence-corrected chi connectivity index (χ1v) is 5.29. The molecule has 1 aromatic heterocycles. The van der Waals surface area contributed by atoms with Crippen LogP contribution in [0.1, 0.15) is 23.2 Å². The molecule has 0 aliphatic rings. The van der Waals surface area contributed by atoms with E-state index in [4.69, 9.17) is 0 Å². The normalized spacial score (nSPS) is 12.1. The molecular weight excluding hydrogens is 247 g/mol. The van der Waals surface area contributed by atoms with E-state index in [-0.39, 0.29) is 12.2 Å². The van der Waals surface area contributed by atoms with Crippen LogP contribution in [0, 0.1) is 0 Å². The highest BCUT2D eigenvalue weighted by atomic mass is 19.4. The Morgan fingerprint density at radius 1 is 1.50 bits per heavy atom. The van der Waals surface area contributed by atoms with Crippen LogP contribution in [0.5, 0.6) is 0 Å². The van der Waals surface area contributed by atoms with Crippen molar-refractivity contribution in [2.45, 2.75) is 19.6 Å². The number of hydrogen-bond donors (Lipinski definition) is 0. The number of imidazole rings is 1. The van der Waals surface area contributed by atoms with E-state index in [0.29, 0.717) is 0 Å². The summed E-state index contributed by atoms with van der Waals surface area (Å²) in [7, 11) is 3.42. The lowest BCUT2D eigenvalue weighted by Crippen LogP contribution is -2.17. The fourth-order valence-corrected chi connectivity index (χ4v) is 1.42. The number of ketones is 1. The highest BCUT2D eigenvalue weighted by Gasteiger charge is 2.37. The van der Waals surface area contributed by atoms with Crippen molar-refractivity contribution in [1.82, 2.24) is 14.5 Å². The van der Waals surface area contributed by atoms with Gasteiger partial charge in [-0.15, -0.1) is 0 Å². The minimum absolute atomic E-state index is 0.0335. The summed E-state index contributed by atoms with van der Waals surface area (Å²) in [6.07, 6.45) is -0.916. The van der Waals surface area contributed by atoms with Crippen LogP contribution < -0.4 is 0 Å². The number of halogens is 3. The molecule has 0 radical (unpaired) electrons.